The van der Waals surface area contributed by atoms with E-state index in [-0.39, 0.29) is 10.8 Å². The van der Waals surface area contributed by atoms with Crippen LogP contribution in [0, 0.1) is 0 Å². The molecule has 0 atom stereocenters. The summed E-state index contributed by atoms with van der Waals surface area (Å²) in [4.78, 5) is 12.4. The Kier molecular flexibility index (Phi) is 6.17. The van der Waals surface area contributed by atoms with Crippen molar-refractivity contribution < 1.29 is 17.9 Å². The number of sulfonamides is 1. The van der Waals surface area contributed by atoms with Crippen LogP contribution in [0.5, 0.6) is 5.75 Å². The summed E-state index contributed by atoms with van der Waals surface area (Å²) in [5, 5.41) is 2.80. The van der Waals surface area contributed by atoms with Crippen molar-refractivity contribution >= 4 is 15.9 Å². The second kappa shape index (κ2) is 8.13. The van der Waals surface area contributed by atoms with Crippen LogP contribution in [0.2, 0.25) is 0 Å². The summed E-state index contributed by atoms with van der Waals surface area (Å²) in [6.45, 7) is 0.421. The highest BCUT2D eigenvalue weighted by Gasteiger charge is 2.18. The van der Waals surface area contributed by atoms with Crippen LogP contribution in [0.3, 0.4) is 0 Å². The van der Waals surface area contributed by atoms with Crippen molar-refractivity contribution in [3.05, 3.63) is 59.7 Å². The normalized spacial score (nSPS) is 11.4. The van der Waals surface area contributed by atoms with E-state index in [0.717, 1.165) is 15.6 Å². The largest absolute Gasteiger partial charge is 0.496 e. The molecule has 0 aromatic heterocycles. The topological polar surface area (TPSA) is 75.7 Å². The van der Waals surface area contributed by atoms with E-state index < -0.39 is 10.0 Å². The lowest BCUT2D eigenvalue weighted by atomic mass is 10.1. The van der Waals surface area contributed by atoms with Gasteiger partial charge in [-0.1, -0.05) is 24.3 Å². The lowest BCUT2D eigenvalue weighted by Gasteiger charge is -2.12. The molecule has 0 aliphatic rings. The van der Waals surface area contributed by atoms with E-state index in [1.54, 1.807) is 19.2 Å². The third-order valence-corrected chi connectivity index (χ3v) is 5.56. The van der Waals surface area contributed by atoms with Crippen molar-refractivity contribution in [3.63, 3.8) is 0 Å². The van der Waals surface area contributed by atoms with Crippen LogP contribution in [0.1, 0.15) is 15.9 Å². The molecule has 2 rings (SSSR count). The van der Waals surface area contributed by atoms with Crippen LogP contribution in [-0.2, 0) is 16.4 Å². The molecule has 0 fully saturated rings. The minimum Gasteiger partial charge on any atom is -0.496 e. The van der Waals surface area contributed by atoms with Gasteiger partial charge in [-0.3, -0.25) is 4.79 Å². The molecule has 0 saturated heterocycles. The Morgan fingerprint density at radius 2 is 1.84 bits per heavy atom. The number of nitrogens with zero attached hydrogens (tertiary/aromatic N) is 1. The zero-order valence-electron chi connectivity index (χ0n) is 14.5. The molecular weight excluding hydrogens is 340 g/mol. The fraction of sp³-hybridized carbons (Fsp3) is 0.278. The van der Waals surface area contributed by atoms with Crippen LogP contribution < -0.4 is 10.1 Å². The zero-order chi connectivity index (χ0) is 18.4. The van der Waals surface area contributed by atoms with Crippen LogP contribution in [-0.4, -0.2) is 46.4 Å². The van der Waals surface area contributed by atoms with Gasteiger partial charge in [0.2, 0.25) is 10.0 Å². The van der Waals surface area contributed by atoms with Crippen LogP contribution >= 0.6 is 0 Å². The average Bonchev–Trinajstić information content (AvgIpc) is 2.62. The number of amides is 1. The number of carbonyl (C=O) groups is 1. The summed E-state index contributed by atoms with van der Waals surface area (Å²) in [6.07, 6.45) is 0.617. The second-order valence-electron chi connectivity index (χ2n) is 5.63. The van der Waals surface area contributed by atoms with Gasteiger partial charge in [0.25, 0.3) is 5.91 Å². The number of methoxy groups -OCH3 is 1. The zero-order valence-corrected chi connectivity index (χ0v) is 15.3. The molecule has 1 N–H and O–H groups in total. The number of ether oxygens (including phenoxy) is 1. The van der Waals surface area contributed by atoms with Gasteiger partial charge in [-0.25, -0.2) is 12.7 Å². The van der Waals surface area contributed by atoms with E-state index in [9.17, 15) is 13.2 Å². The fourth-order valence-electron chi connectivity index (χ4n) is 2.33. The van der Waals surface area contributed by atoms with Crippen molar-refractivity contribution in [3.8, 4) is 5.75 Å². The molecule has 2 aromatic carbocycles. The summed E-state index contributed by atoms with van der Waals surface area (Å²) in [7, 11) is 0.944. The number of hydrogen-bond acceptors (Lipinski definition) is 4. The van der Waals surface area contributed by atoms with Gasteiger partial charge in [0.1, 0.15) is 5.75 Å². The van der Waals surface area contributed by atoms with Crippen molar-refractivity contribution in [1.29, 1.82) is 0 Å². The summed E-state index contributed by atoms with van der Waals surface area (Å²) in [5.74, 6) is 0.460. The van der Waals surface area contributed by atoms with Gasteiger partial charge in [0.05, 0.1) is 12.0 Å². The number of para-hydroxylation sites is 1. The van der Waals surface area contributed by atoms with Crippen molar-refractivity contribution in [2.75, 3.05) is 27.7 Å². The Hall–Kier alpha value is -2.38. The molecule has 134 valence electrons. The molecule has 0 saturated carbocycles. The molecule has 0 heterocycles. The monoisotopic (exact) mass is 362 g/mol. The highest BCUT2D eigenvalue weighted by Crippen LogP contribution is 2.18. The number of rotatable bonds is 7. The van der Waals surface area contributed by atoms with Gasteiger partial charge >= 0.3 is 0 Å². The first kappa shape index (κ1) is 19.0. The quantitative estimate of drug-likeness (QED) is 0.816. The minimum atomic E-state index is -3.57. The van der Waals surface area contributed by atoms with Crippen molar-refractivity contribution in [2.24, 2.45) is 0 Å². The average molecular weight is 362 g/mol. The molecule has 1 amide bonds. The molecule has 0 spiro atoms. The van der Waals surface area contributed by atoms with Gasteiger partial charge in [0, 0.05) is 26.2 Å². The Balaban J connectivity index is 2.04. The predicted octanol–water partition coefficient (Wildman–Crippen LogP) is 1.92. The van der Waals surface area contributed by atoms with Gasteiger partial charge < -0.3 is 10.1 Å². The first-order valence-corrected chi connectivity index (χ1v) is 9.23. The highest BCUT2D eigenvalue weighted by atomic mass is 32.2. The van der Waals surface area contributed by atoms with E-state index in [2.05, 4.69) is 5.32 Å². The standard InChI is InChI=1S/C18H22N2O4S/c1-20(2)25(22,23)16-9-6-8-15(13-16)18(21)19-12-11-14-7-4-5-10-17(14)24-3/h4-10,13H,11-12H2,1-3H3,(H,19,21). The van der Waals surface area contributed by atoms with E-state index in [1.165, 1.54) is 26.2 Å². The van der Waals surface area contributed by atoms with E-state index >= 15 is 0 Å². The van der Waals surface area contributed by atoms with Gasteiger partial charge in [-0.05, 0) is 36.2 Å². The molecule has 0 aliphatic carbocycles. The molecule has 0 radical (unpaired) electrons. The Bertz CT molecular complexity index is 848. The fourth-order valence-corrected chi connectivity index (χ4v) is 3.28. The summed E-state index contributed by atoms with van der Waals surface area (Å²) < 4.78 is 30.7. The number of carbonyl (C=O) groups excluding carboxylic acids is 1. The summed E-state index contributed by atoms with van der Waals surface area (Å²) >= 11 is 0. The second-order valence-corrected chi connectivity index (χ2v) is 7.78. The lowest BCUT2D eigenvalue weighted by molar-refractivity contribution is 0.0954. The van der Waals surface area contributed by atoms with Crippen LogP contribution in [0.15, 0.2) is 53.4 Å². The number of hydrogen-bond donors (Lipinski definition) is 1. The number of nitrogens with one attached hydrogen (secondary N) is 1. The molecular formula is C18H22N2O4S. The smallest absolute Gasteiger partial charge is 0.251 e. The van der Waals surface area contributed by atoms with Crippen LogP contribution in [0.4, 0.5) is 0 Å². The molecule has 2 aromatic rings. The van der Waals surface area contributed by atoms with E-state index in [0.29, 0.717) is 18.5 Å². The SMILES string of the molecule is COc1ccccc1CCNC(=O)c1cccc(S(=O)(=O)N(C)C)c1. The first-order valence-electron chi connectivity index (χ1n) is 7.79. The Labute approximate surface area is 148 Å². The van der Waals surface area contributed by atoms with Crippen LogP contribution in [0.25, 0.3) is 0 Å². The van der Waals surface area contributed by atoms with E-state index in [4.69, 9.17) is 4.74 Å². The molecule has 6 nitrogen and oxygen atoms in total. The van der Waals surface area contributed by atoms with Gasteiger partial charge in [0.15, 0.2) is 0 Å². The number of benzene rings is 2. The molecule has 0 aliphatic heterocycles. The maximum Gasteiger partial charge on any atom is 0.251 e. The molecule has 0 bridgehead atoms. The highest BCUT2D eigenvalue weighted by molar-refractivity contribution is 7.89. The first-order chi connectivity index (χ1) is 11.9. The predicted molar refractivity (Wildman–Crippen MR) is 96.3 cm³/mol. The third kappa shape index (κ3) is 4.58. The van der Waals surface area contributed by atoms with Crippen molar-refractivity contribution in [2.45, 2.75) is 11.3 Å². The molecule has 25 heavy (non-hydrogen) atoms. The van der Waals surface area contributed by atoms with Gasteiger partial charge in [-0.15, -0.1) is 0 Å². The maximum absolute atomic E-state index is 12.3. The minimum absolute atomic E-state index is 0.0925. The summed E-state index contributed by atoms with van der Waals surface area (Å²) in [6, 6.07) is 13.6. The maximum atomic E-state index is 12.3. The third-order valence-electron chi connectivity index (χ3n) is 3.75. The van der Waals surface area contributed by atoms with Crippen molar-refractivity contribution in [1.82, 2.24) is 9.62 Å². The lowest BCUT2D eigenvalue weighted by Crippen LogP contribution is -2.27. The molecule has 7 heteroatoms. The molecule has 0 unspecified atom stereocenters. The summed E-state index contributed by atoms with van der Waals surface area (Å²) in [5.41, 5.74) is 1.30. The Morgan fingerprint density at radius 1 is 1.12 bits per heavy atom. The van der Waals surface area contributed by atoms with E-state index in [1.807, 2.05) is 24.3 Å². The van der Waals surface area contributed by atoms with Gasteiger partial charge in [-0.2, -0.15) is 0 Å². The Morgan fingerprint density at radius 3 is 2.52 bits per heavy atom.